The lowest BCUT2D eigenvalue weighted by Crippen LogP contribution is -2.10. The van der Waals surface area contributed by atoms with Gasteiger partial charge in [0.05, 0.1) is 11.4 Å². The SMILES string of the molecule is c1ccc(C(N=Nc2cccc3c(-c4ccc(N(c5ccccc5)c5cccc6ccccc56)cc4)cccc23)c2ccccc2)cc1. The molecule has 0 spiro atoms. The van der Waals surface area contributed by atoms with Crippen molar-refractivity contribution in [3.8, 4) is 11.1 Å². The molecule has 0 atom stereocenters. The molecule has 0 saturated carbocycles. The molecule has 48 heavy (non-hydrogen) atoms. The number of azo groups is 1. The first-order valence-electron chi connectivity index (χ1n) is 16.3. The van der Waals surface area contributed by atoms with Crippen LogP contribution in [0.5, 0.6) is 0 Å². The molecule has 0 aliphatic rings. The summed E-state index contributed by atoms with van der Waals surface area (Å²) >= 11 is 0. The van der Waals surface area contributed by atoms with Crippen LogP contribution in [0.3, 0.4) is 0 Å². The fourth-order valence-electron chi connectivity index (χ4n) is 6.55. The Kier molecular flexibility index (Phi) is 8.00. The first kappa shape index (κ1) is 29.1. The second kappa shape index (κ2) is 13.2. The number of rotatable bonds is 8. The van der Waals surface area contributed by atoms with E-state index < -0.39 is 0 Å². The van der Waals surface area contributed by atoms with Gasteiger partial charge in [-0.05, 0) is 69.4 Å². The van der Waals surface area contributed by atoms with Gasteiger partial charge in [0.25, 0.3) is 0 Å². The summed E-state index contributed by atoms with van der Waals surface area (Å²) in [6.07, 6.45) is 0. The fourth-order valence-corrected chi connectivity index (χ4v) is 6.55. The van der Waals surface area contributed by atoms with Crippen LogP contribution < -0.4 is 4.90 Å². The van der Waals surface area contributed by atoms with Crippen molar-refractivity contribution in [2.24, 2.45) is 10.2 Å². The molecule has 8 rings (SSSR count). The number of hydrogen-bond donors (Lipinski definition) is 0. The van der Waals surface area contributed by atoms with Gasteiger partial charge in [0.15, 0.2) is 0 Å². The third kappa shape index (κ3) is 5.74. The van der Waals surface area contributed by atoms with Gasteiger partial charge >= 0.3 is 0 Å². The maximum Gasteiger partial charge on any atom is 0.121 e. The van der Waals surface area contributed by atoms with Gasteiger partial charge in [-0.15, -0.1) is 0 Å². The van der Waals surface area contributed by atoms with Crippen LogP contribution in [0.1, 0.15) is 17.2 Å². The molecule has 3 heteroatoms. The Labute approximate surface area is 281 Å². The first-order valence-corrected chi connectivity index (χ1v) is 16.3. The van der Waals surface area contributed by atoms with E-state index in [0.717, 1.165) is 55.8 Å². The van der Waals surface area contributed by atoms with Crippen molar-refractivity contribution in [3.63, 3.8) is 0 Å². The van der Waals surface area contributed by atoms with Crippen LogP contribution in [0.25, 0.3) is 32.7 Å². The zero-order valence-corrected chi connectivity index (χ0v) is 26.4. The molecule has 0 saturated heterocycles. The minimum atomic E-state index is -0.187. The average molecular weight is 616 g/mol. The lowest BCUT2D eigenvalue weighted by molar-refractivity contribution is 0.810. The molecule has 3 nitrogen and oxygen atoms in total. The molecule has 228 valence electrons. The van der Waals surface area contributed by atoms with Crippen molar-refractivity contribution in [3.05, 3.63) is 205 Å². The molecule has 0 fully saturated rings. The monoisotopic (exact) mass is 615 g/mol. The third-order valence-electron chi connectivity index (χ3n) is 8.87. The van der Waals surface area contributed by atoms with Crippen LogP contribution in [0, 0.1) is 0 Å². The van der Waals surface area contributed by atoms with E-state index in [-0.39, 0.29) is 6.04 Å². The van der Waals surface area contributed by atoms with Crippen LogP contribution in [0.2, 0.25) is 0 Å². The smallest absolute Gasteiger partial charge is 0.121 e. The van der Waals surface area contributed by atoms with Gasteiger partial charge in [0, 0.05) is 22.1 Å². The Morgan fingerprint density at radius 3 is 1.67 bits per heavy atom. The molecule has 0 aliphatic carbocycles. The molecule has 0 aliphatic heterocycles. The normalized spacial score (nSPS) is 11.4. The molecule has 0 amide bonds. The van der Waals surface area contributed by atoms with E-state index in [1.807, 2.05) is 18.2 Å². The van der Waals surface area contributed by atoms with Crippen molar-refractivity contribution >= 4 is 44.3 Å². The van der Waals surface area contributed by atoms with Crippen LogP contribution in [0.15, 0.2) is 204 Å². The maximum atomic E-state index is 4.92. The van der Waals surface area contributed by atoms with Crippen molar-refractivity contribution in [1.29, 1.82) is 0 Å². The molecule has 0 radical (unpaired) electrons. The molecule has 0 aromatic heterocycles. The van der Waals surface area contributed by atoms with E-state index >= 15 is 0 Å². The van der Waals surface area contributed by atoms with E-state index in [2.05, 4.69) is 181 Å². The largest absolute Gasteiger partial charge is 0.310 e. The Balaban J connectivity index is 1.17. The van der Waals surface area contributed by atoms with Crippen LogP contribution in [-0.4, -0.2) is 0 Å². The van der Waals surface area contributed by atoms with E-state index in [9.17, 15) is 0 Å². The van der Waals surface area contributed by atoms with Crippen LogP contribution in [0.4, 0.5) is 22.7 Å². The number of benzene rings is 8. The third-order valence-corrected chi connectivity index (χ3v) is 8.87. The minimum absolute atomic E-state index is 0.187. The Hall–Kier alpha value is -6.32. The average Bonchev–Trinajstić information content (AvgIpc) is 3.16. The second-order valence-electron chi connectivity index (χ2n) is 11.8. The predicted molar refractivity (Wildman–Crippen MR) is 201 cm³/mol. The predicted octanol–water partition coefficient (Wildman–Crippen LogP) is 13.0. The van der Waals surface area contributed by atoms with Gasteiger partial charge in [-0.3, -0.25) is 0 Å². The van der Waals surface area contributed by atoms with Crippen LogP contribution in [-0.2, 0) is 0 Å². The van der Waals surface area contributed by atoms with Gasteiger partial charge < -0.3 is 4.90 Å². The molecule has 8 aromatic carbocycles. The summed E-state index contributed by atoms with van der Waals surface area (Å²) in [5.74, 6) is 0. The van der Waals surface area contributed by atoms with E-state index in [0.29, 0.717) is 0 Å². The van der Waals surface area contributed by atoms with Crippen molar-refractivity contribution in [1.82, 2.24) is 0 Å². The molecule has 0 unspecified atom stereocenters. The summed E-state index contributed by atoms with van der Waals surface area (Å²) in [7, 11) is 0. The van der Waals surface area contributed by atoms with Crippen molar-refractivity contribution in [2.45, 2.75) is 6.04 Å². The number of para-hydroxylation sites is 1. The highest BCUT2D eigenvalue weighted by Gasteiger charge is 2.16. The number of hydrogen-bond acceptors (Lipinski definition) is 3. The van der Waals surface area contributed by atoms with Gasteiger partial charge in [0.2, 0.25) is 0 Å². The van der Waals surface area contributed by atoms with E-state index in [1.165, 1.54) is 10.8 Å². The molecular formula is C45H33N3. The van der Waals surface area contributed by atoms with E-state index in [1.54, 1.807) is 0 Å². The first-order chi connectivity index (χ1) is 23.8. The zero-order chi connectivity index (χ0) is 32.1. The van der Waals surface area contributed by atoms with E-state index in [4.69, 9.17) is 10.2 Å². The standard InChI is InChI=1S/C45H33N3/c1-4-16-35(17-5-1)45(36-18-6-2-7-19-36)47-46-43-27-14-25-41-39(24-13-26-42(41)43)34-29-31-38(32-30-34)48(37-21-8-3-9-22-37)44-28-12-20-33-15-10-11-23-40(33)44/h1-32,45H. The number of anilines is 3. The highest BCUT2D eigenvalue weighted by Crippen LogP contribution is 2.41. The maximum absolute atomic E-state index is 4.92. The number of nitrogens with zero attached hydrogens (tertiary/aromatic N) is 3. The minimum Gasteiger partial charge on any atom is -0.310 e. The molecule has 0 heterocycles. The summed E-state index contributed by atoms with van der Waals surface area (Å²) < 4.78 is 0. The lowest BCUT2D eigenvalue weighted by atomic mass is 9.97. The quantitative estimate of drug-likeness (QED) is 0.156. The van der Waals surface area contributed by atoms with Gasteiger partial charge in [-0.2, -0.15) is 10.2 Å². The zero-order valence-electron chi connectivity index (χ0n) is 26.4. The highest BCUT2D eigenvalue weighted by atomic mass is 15.1. The van der Waals surface area contributed by atoms with Crippen molar-refractivity contribution < 1.29 is 0 Å². The Morgan fingerprint density at radius 1 is 0.396 bits per heavy atom. The Morgan fingerprint density at radius 2 is 0.938 bits per heavy atom. The fraction of sp³-hybridized carbons (Fsp3) is 0.0222. The van der Waals surface area contributed by atoms with Crippen molar-refractivity contribution in [2.75, 3.05) is 4.90 Å². The highest BCUT2D eigenvalue weighted by molar-refractivity contribution is 6.03. The molecular weight excluding hydrogens is 583 g/mol. The van der Waals surface area contributed by atoms with Crippen LogP contribution >= 0.6 is 0 Å². The van der Waals surface area contributed by atoms with Gasteiger partial charge in [0.1, 0.15) is 6.04 Å². The summed E-state index contributed by atoms with van der Waals surface area (Å²) in [6, 6.07) is 67.8. The molecule has 0 bridgehead atoms. The van der Waals surface area contributed by atoms with Gasteiger partial charge in [-0.25, -0.2) is 0 Å². The summed E-state index contributed by atoms with van der Waals surface area (Å²) in [6.45, 7) is 0. The summed E-state index contributed by atoms with van der Waals surface area (Å²) in [4.78, 5) is 2.34. The lowest BCUT2D eigenvalue weighted by Gasteiger charge is -2.27. The Bertz CT molecular complexity index is 2290. The van der Waals surface area contributed by atoms with Gasteiger partial charge in [-0.1, -0.05) is 158 Å². The second-order valence-corrected chi connectivity index (χ2v) is 11.8. The molecule has 8 aromatic rings. The summed E-state index contributed by atoms with van der Waals surface area (Å²) in [5, 5.41) is 14.4. The summed E-state index contributed by atoms with van der Waals surface area (Å²) in [5.41, 5.74) is 8.76. The topological polar surface area (TPSA) is 28.0 Å². The molecule has 0 N–H and O–H groups in total. The number of fused-ring (bicyclic) bond motifs is 2.